The molecular formula is C15H24N4O. The molecule has 20 heavy (non-hydrogen) atoms. The van der Waals surface area contributed by atoms with Crippen LogP contribution in [0.1, 0.15) is 49.7 Å². The summed E-state index contributed by atoms with van der Waals surface area (Å²) >= 11 is 0. The number of anilines is 1. The van der Waals surface area contributed by atoms with Gasteiger partial charge in [-0.1, -0.05) is 19.3 Å². The molecule has 5 heteroatoms. The van der Waals surface area contributed by atoms with Crippen molar-refractivity contribution < 1.29 is 4.74 Å². The van der Waals surface area contributed by atoms with Gasteiger partial charge in [0.25, 0.3) is 0 Å². The summed E-state index contributed by atoms with van der Waals surface area (Å²) in [5.74, 6) is 1.25. The van der Waals surface area contributed by atoms with Gasteiger partial charge in [-0.05, 0) is 19.8 Å². The van der Waals surface area contributed by atoms with E-state index in [9.17, 15) is 0 Å². The van der Waals surface area contributed by atoms with Crippen LogP contribution in [0.5, 0.6) is 0 Å². The first kappa shape index (κ1) is 13.8. The summed E-state index contributed by atoms with van der Waals surface area (Å²) in [4.78, 5) is 11.2. The van der Waals surface area contributed by atoms with Gasteiger partial charge in [0.1, 0.15) is 17.7 Å². The van der Waals surface area contributed by atoms with Gasteiger partial charge in [-0.2, -0.15) is 0 Å². The van der Waals surface area contributed by atoms with Crippen molar-refractivity contribution in [2.75, 3.05) is 25.4 Å². The molecule has 0 radical (unpaired) electrons. The Bertz CT molecular complexity index is 439. The zero-order valence-electron chi connectivity index (χ0n) is 12.2. The Morgan fingerprint density at radius 1 is 1.25 bits per heavy atom. The third kappa shape index (κ3) is 3.10. The van der Waals surface area contributed by atoms with Crippen LogP contribution >= 0.6 is 0 Å². The molecule has 0 unspecified atom stereocenters. The molecule has 0 bridgehead atoms. The third-order valence-corrected chi connectivity index (χ3v) is 4.40. The maximum Gasteiger partial charge on any atom is 0.128 e. The lowest BCUT2D eigenvalue weighted by Gasteiger charge is -2.39. The number of hydrogen-bond acceptors (Lipinski definition) is 5. The standard InChI is InChI=1S/C15H24N4O/c1-11-17-13(9-15(16)18-11)14-10-19(7-8-20-14)12-5-3-2-4-6-12/h9,12,14H,2-8,10H2,1H3,(H2,16,17,18)/t14-/m1/s1. The number of nitrogens with two attached hydrogens (primary N) is 1. The largest absolute Gasteiger partial charge is 0.384 e. The summed E-state index contributed by atoms with van der Waals surface area (Å²) < 4.78 is 5.91. The van der Waals surface area contributed by atoms with Crippen LogP contribution in [-0.4, -0.2) is 40.6 Å². The van der Waals surface area contributed by atoms with Crippen LogP contribution in [-0.2, 0) is 4.74 Å². The molecule has 2 aliphatic rings. The Morgan fingerprint density at radius 3 is 2.80 bits per heavy atom. The van der Waals surface area contributed by atoms with Crippen LogP contribution in [0.4, 0.5) is 5.82 Å². The fraction of sp³-hybridized carbons (Fsp3) is 0.733. The minimum atomic E-state index is 0.0367. The number of aromatic nitrogens is 2. The minimum Gasteiger partial charge on any atom is -0.384 e. The second-order valence-electron chi connectivity index (χ2n) is 5.91. The van der Waals surface area contributed by atoms with Crippen LogP contribution < -0.4 is 5.73 Å². The number of hydrogen-bond donors (Lipinski definition) is 1. The fourth-order valence-electron chi connectivity index (χ4n) is 3.41. The van der Waals surface area contributed by atoms with Crippen molar-refractivity contribution in [1.82, 2.24) is 14.9 Å². The summed E-state index contributed by atoms with van der Waals surface area (Å²) in [6.07, 6.45) is 6.83. The predicted octanol–water partition coefficient (Wildman–Crippen LogP) is 2.07. The van der Waals surface area contributed by atoms with E-state index < -0.39 is 0 Å². The topological polar surface area (TPSA) is 64.3 Å². The Labute approximate surface area is 120 Å². The van der Waals surface area contributed by atoms with E-state index in [4.69, 9.17) is 10.5 Å². The molecule has 0 amide bonds. The first-order chi connectivity index (χ1) is 9.72. The van der Waals surface area contributed by atoms with Gasteiger partial charge >= 0.3 is 0 Å². The number of nitrogen functional groups attached to an aromatic ring is 1. The highest BCUT2D eigenvalue weighted by molar-refractivity contribution is 5.30. The maximum absolute atomic E-state index is 5.91. The molecule has 1 aromatic rings. The zero-order chi connectivity index (χ0) is 13.9. The van der Waals surface area contributed by atoms with Crippen LogP contribution in [0.3, 0.4) is 0 Å². The average Bonchev–Trinajstić information content (AvgIpc) is 2.47. The molecule has 1 aliphatic heterocycles. The van der Waals surface area contributed by atoms with Crippen molar-refractivity contribution in [3.8, 4) is 0 Å². The van der Waals surface area contributed by atoms with Crippen molar-refractivity contribution >= 4 is 5.82 Å². The number of morpholine rings is 1. The Morgan fingerprint density at radius 2 is 2.05 bits per heavy atom. The number of ether oxygens (including phenoxy) is 1. The molecule has 2 heterocycles. The highest BCUT2D eigenvalue weighted by Gasteiger charge is 2.29. The van der Waals surface area contributed by atoms with E-state index in [1.807, 2.05) is 13.0 Å². The van der Waals surface area contributed by atoms with Gasteiger partial charge in [0.2, 0.25) is 0 Å². The van der Waals surface area contributed by atoms with E-state index >= 15 is 0 Å². The van der Waals surface area contributed by atoms with Crippen LogP contribution in [0.2, 0.25) is 0 Å². The summed E-state index contributed by atoms with van der Waals surface area (Å²) in [6, 6.07) is 2.58. The summed E-state index contributed by atoms with van der Waals surface area (Å²) in [6.45, 7) is 4.63. The maximum atomic E-state index is 5.91. The molecule has 5 nitrogen and oxygen atoms in total. The average molecular weight is 276 g/mol. The smallest absolute Gasteiger partial charge is 0.128 e. The lowest BCUT2D eigenvalue weighted by molar-refractivity contribution is -0.0517. The molecule has 2 fully saturated rings. The lowest BCUT2D eigenvalue weighted by atomic mass is 9.93. The van der Waals surface area contributed by atoms with Crippen molar-refractivity contribution in [3.05, 3.63) is 17.6 Å². The lowest BCUT2D eigenvalue weighted by Crippen LogP contribution is -2.45. The van der Waals surface area contributed by atoms with Gasteiger partial charge in [-0.15, -0.1) is 0 Å². The molecule has 3 rings (SSSR count). The van der Waals surface area contributed by atoms with Gasteiger partial charge in [0.15, 0.2) is 0 Å². The molecule has 2 N–H and O–H groups in total. The molecule has 1 saturated carbocycles. The fourth-order valence-corrected chi connectivity index (χ4v) is 3.41. The number of aryl methyl sites for hydroxylation is 1. The molecule has 1 aliphatic carbocycles. The summed E-state index contributed by atoms with van der Waals surface area (Å²) in [5, 5.41) is 0. The predicted molar refractivity (Wildman–Crippen MR) is 78.3 cm³/mol. The molecule has 110 valence electrons. The van der Waals surface area contributed by atoms with E-state index in [1.165, 1.54) is 32.1 Å². The van der Waals surface area contributed by atoms with Crippen LogP contribution in [0.15, 0.2) is 6.07 Å². The SMILES string of the molecule is Cc1nc(N)cc([C@H]2CN(C3CCCCC3)CCO2)n1. The highest BCUT2D eigenvalue weighted by Crippen LogP contribution is 2.28. The van der Waals surface area contributed by atoms with Gasteiger partial charge in [-0.25, -0.2) is 9.97 Å². The van der Waals surface area contributed by atoms with E-state index in [2.05, 4.69) is 14.9 Å². The first-order valence-corrected chi connectivity index (χ1v) is 7.69. The normalized spacial score (nSPS) is 25.8. The van der Waals surface area contributed by atoms with Gasteiger partial charge in [-0.3, -0.25) is 4.90 Å². The Balaban J connectivity index is 1.70. The summed E-state index contributed by atoms with van der Waals surface area (Å²) in [5.41, 5.74) is 6.75. The number of rotatable bonds is 2. The Hall–Kier alpha value is -1.20. The molecule has 1 saturated heterocycles. The number of nitrogens with zero attached hydrogens (tertiary/aromatic N) is 3. The first-order valence-electron chi connectivity index (χ1n) is 7.69. The Kier molecular flexibility index (Phi) is 4.17. The molecular weight excluding hydrogens is 252 g/mol. The zero-order valence-corrected chi connectivity index (χ0v) is 12.2. The second-order valence-corrected chi connectivity index (χ2v) is 5.91. The molecule has 1 atom stereocenters. The van der Waals surface area contributed by atoms with Crippen molar-refractivity contribution in [2.45, 2.75) is 51.2 Å². The van der Waals surface area contributed by atoms with E-state index in [-0.39, 0.29) is 6.10 Å². The van der Waals surface area contributed by atoms with Gasteiger partial charge in [0.05, 0.1) is 12.3 Å². The van der Waals surface area contributed by atoms with Crippen molar-refractivity contribution in [3.63, 3.8) is 0 Å². The van der Waals surface area contributed by atoms with E-state index in [1.54, 1.807) is 0 Å². The van der Waals surface area contributed by atoms with Gasteiger partial charge in [0, 0.05) is 25.2 Å². The molecule has 0 spiro atoms. The van der Waals surface area contributed by atoms with Gasteiger partial charge < -0.3 is 10.5 Å². The second kappa shape index (κ2) is 6.06. The molecule has 0 aromatic carbocycles. The van der Waals surface area contributed by atoms with E-state index in [0.717, 1.165) is 37.3 Å². The van der Waals surface area contributed by atoms with Crippen molar-refractivity contribution in [2.24, 2.45) is 0 Å². The summed E-state index contributed by atoms with van der Waals surface area (Å²) in [7, 11) is 0. The quantitative estimate of drug-likeness (QED) is 0.896. The monoisotopic (exact) mass is 276 g/mol. The van der Waals surface area contributed by atoms with Crippen LogP contribution in [0.25, 0.3) is 0 Å². The minimum absolute atomic E-state index is 0.0367. The van der Waals surface area contributed by atoms with E-state index in [0.29, 0.717) is 5.82 Å². The van der Waals surface area contributed by atoms with Crippen molar-refractivity contribution in [1.29, 1.82) is 0 Å². The van der Waals surface area contributed by atoms with Crippen LogP contribution in [0, 0.1) is 6.92 Å². The highest BCUT2D eigenvalue weighted by atomic mass is 16.5. The molecule has 1 aromatic heterocycles. The third-order valence-electron chi connectivity index (χ3n) is 4.40.